The summed E-state index contributed by atoms with van der Waals surface area (Å²) in [6.07, 6.45) is 3.16. The van der Waals surface area contributed by atoms with Gasteiger partial charge in [-0.05, 0) is 38.0 Å². The molecule has 0 bridgehead atoms. The van der Waals surface area contributed by atoms with Crippen molar-refractivity contribution in [3.63, 3.8) is 0 Å². The molecular weight excluding hydrogens is 352 g/mol. The Kier molecular flexibility index (Phi) is 6.51. The zero-order valence-electron chi connectivity index (χ0n) is 16.1. The number of carbonyl (C=O) groups excluding carboxylic acids is 1. The van der Waals surface area contributed by atoms with Crippen molar-refractivity contribution in [2.24, 2.45) is 11.7 Å². The summed E-state index contributed by atoms with van der Waals surface area (Å²) in [4.78, 5) is 17.9. The molecule has 2 aromatic rings. The third-order valence-corrected chi connectivity index (χ3v) is 4.95. The first kappa shape index (κ1) is 19.7. The Morgan fingerprint density at radius 3 is 2.68 bits per heavy atom. The summed E-state index contributed by atoms with van der Waals surface area (Å²) in [6, 6.07) is 11.4. The maximum atomic E-state index is 11.5. The van der Waals surface area contributed by atoms with Gasteiger partial charge in [0.2, 0.25) is 5.91 Å². The van der Waals surface area contributed by atoms with Crippen LogP contribution in [-0.2, 0) is 4.79 Å². The third kappa shape index (κ3) is 4.81. The second-order valence-corrected chi connectivity index (χ2v) is 6.83. The second-order valence-electron chi connectivity index (χ2n) is 6.83. The first-order valence-corrected chi connectivity index (χ1v) is 9.56. The van der Waals surface area contributed by atoms with Gasteiger partial charge in [-0.25, -0.2) is 4.98 Å². The van der Waals surface area contributed by atoms with Gasteiger partial charge < -0.3 is 16.2 Å². The van der Waals surface area contributed by atoms with Gasteiger partial charge in [-0.15, -0.1) is 0 Å². The van der Waals surface area contributed by atoms with E-state index in [4.69, 9.17) is 16.2 Å². The predicted molar refractivity (Wildman–Crippen MR) is 109 cm³/mol. The van der Waals surface area contributed by atoms with Crippen LogP contribution in [0.5, 0.6) is 5.75 Å². The molecule has 1 saturated heterocycles. The third-order valence-electron chi connectivity index (χ3n) is 4.95. The summed E-state index contributed by atoms with van der Waals surface area (Å²) in [5.41, 5.74) is 13.0. The van der Waals surface area contributed by atoms with Crippen molar-refractivity contribution in [1.82, 2.24) is 9.88 Å². The van der Waals surface area contributed by atoms with Crippen LogP contribution in [0.1, 0.15) is 36.9 Å². The fourth-order valence-electron chi connectivity index (χ4n) is 3.43. The van der Waals surface area contributed by atoms with E-state index in [9.17, 15) is 4.79 Å². The number of likely N-dealkylation sites (tertiary alicyclic amines) is 1. The molecule has 0 saturated carbocycles. The van der Waals surface area contributed by atoms with Crippen molar-refractivity contribution in [3.8, 4) is 17.6 Å². The van der Waals surface area contributed by atoms with Crippen molar-refractivity contribution >= 4 is 11.7 Å². The molecule has 2 heterocycles. The average molecular weight is 378 g/mol. The van der Waals surface area contributed by atoms with E-state index in [-0.39, 0.29) is 17.9 Å². The molecule has 1 aromatic carbocycles. The number of nitrogen functional groups attached to an aromatic ring is 1. The zero-order valence-corrected chi connectivity index (χ0v) is 16.1. The number of hydrogen-bond acceptors (Lipinski definition) is 5. The number of amides is 1. The first-order chi connectivity index (χ1) is 13.6. The molecule has 1 atom stereocenters. The van der Waals surface area contributed by atoms with Crippen molar-refractivity contribution in [1.29, 1.82) is 0 Å². The Bertz CT molecular complexity index is 862. The number of pyridine rings is 1. The van der Waals surface area contributed by atoms with Crippen LogP contribution in [0.25, 0.3) is 0 Å². The molecule has 1 aliphatic heterocycles. The minimum Gasteiger partial charge on any atom is -0.493 e. The molecule has 6 heteroatoms. The van der Waals surface area contributed by atoms with Gasteiger partial charge in [0.15, 0.2) is 0 Å². The fourth-order valence-corrected chi connectivity index (χ4v) is 3.43. The summed E-state index contributed by atoms with van der Waals surface area (Å²) in [5.74, 6) is 7.62. The normalized spacial score (nSPS) is 16.0. The number of rotatable bonds is 5. The molecule has 28 heavy (non-hydrogen) atoms. The van der Waals surface area contributed by atoms with E-state index in [2.05, 4.69) is 21.7 Å². The molecule has 0 aliphatic carbocycles. The van der Waals surface area contributed by atoms with Crippen molar-refractivity contribution in [3.05, 3.63) is 53.7 Å². The van der Waals surface area contributed by atoms with Crippen LogP contribution in [0.15, 0.2) is 42.6 Å². The molecule has 6 nitrogen and oxygen atoms in total. The first-order valence-electron chi connectivity index (χ1n) is 9.56. The highest BCUT2D eigenvalue weighted by Gasteiger charge is 2.29. The molecule has 1 aromatic heterocycles. The number of aromatic nitrogens is 1. The smallest absolute Gasteiger partial charge is 0.220 e. The summed E-state index contributed by atoms with van der Waals surface area (Å²) >= 11 is 0. The lowest BCUT2D eigenvalue weighted by atomic mass is 9.93. The lowest BCUT2D eigenvalue weighted by molar-refractivity contribution is -0.123. The fraction of sp³-hybridized carbons (Fsp3) is 0.364. The molecule has 0 radical (unpaired) electrons. The van der Waals surface area contributed by atoms with Crippen molar-refractivity contribution < 1.29 is 9.53 Å². The molecule has 1 unspecified atom stereocenters. The maximum absolute atomic E-state index is 11.5. The quantitative estimate of drug-likeness (QED) is 0.779. The number of ether oxygens (including phenoxy) is 1. The molecule has 146 valence electrons. The standard InChI is InChI=1S/C22H26N4O2/c1-2-28-20-6-4-3-5-18(20)19(9-7-16-8-10-21(23)25-15-16)26-13-11-17(12-14-26)22(24)27/h3-6,8,10,15,17,19H,2,11-14H2,1H3,(H2,23,25)(H2,24,27). The summed E-state index contributed by atoms with van der Waals surface area (Å²) in [7, 11) is 0. The number of hydrogen-bond donors (Lipinski definition) is 2. The molecule has 4 N–H and O–H groups in total. The molecule has 1 amide bonds. The van der Waals surface area contributed by atoms with Crippen LogP contribution >= 0.6 is 0 Å². The highest BCUT2D eigenvalue weighted by atomic mass is 16.5. The van der Waals surface area contributed by atoms with E-state index in [0.717, 1.165) is 42.8 Å². The Labute approximate surface area is 165 Å². The number of nitrogens with two attached hydrogens (primary N) is 2. The monoisotopic (exact) mass is 378 g/mol. The summed E-state index contributed by atoms with van der Waals surface area (Å²) in [6.45, 7) is 4.07. The molecular formula is C22H26N4O2. The molecule has 0 spiro atoms. The van der Waals surface area contributed by atoms with E-state index < -0.39 is 0 Å². The molecule has 1 fully saturated rings. The van der Waals surface area contributed by atoms with Crippen molar-refractivity contribution in [2.75, 3.05) is 25.4 Å². The van der Waals surface area contributed by atoms with Gasteiger partial charge in [0.05, 0.1) is 6.61 Å². The number of piperidine rings is 1. The summed E-state index contributed by atoms with van der Waals surface area (Å²) < 4.78 is 5.84. The minimum absolute atomic E-state index is 0.0618. The van der Waals surface area contributed by atoms with E-state index in [1.807, 2.05) is 37.3 Å². The van der Waals surface area contributed by atoms with Gasteiger partial charge in [-0.3, -0.25) is 9.69 Å². The van der Waals surface area contributed by atoms with E-state index in [0.29, 0.717) is 12.4 Å². The van der Waals surface area contributed by atoms with Gasteiger partial charge in [0, 0.05) is 36.3 Å². The Morgan fingerprint density at radius 1 is 1.29 bits per heavy atom. The van der Waals surface area contributed by atoms with Gasteiger partial charge in [0.1, 0.15) is 17.6 Å². The number of benzene rings is 1. The maximum Gasteiger partial charge on any atom is 0.220 e. The highest BCUT2D eigenvalue weighted by molar-refractivity contribution is 5.76. The zero-order chi connectivity index (χ0) is 19.9. The number of nitrogens with zero attached hydrogens (tertiary/aromatic N) is 2. The number of anilines is 1. The van der Waals surface area contributed by atoms with Crippen LogP contribution in [0.4, 0.5) is 5.82 Å². The predicted octanol–water partition coefficient (Wildman–Crippen LogP) is 2.35. The van der Waals surface area contributed by atoms with Crippen LogP contribution in [0.3, 0.4) is 0 Å². The van der Waals surface area contributed by atoms with Gasteiger partial charge in [-0.1, -0.05) is 30.0 Å². The van der Waals surface area contributed by atoms with Crippen LogP contribution in [0, 0.1) is 17.8 Å². The van der Waals surface area contributed by atoms with E-state index in [1.165, 1.54) is 0 Å². The van der Waals surface area contributed by atoms with Crippen LogP contribution < -0.4 is 16.2 Å². The lowest BCUT2D eigenvalue weighted by Crippen LogP contribution is -2.40. The van der Waals surface area contributed by atoms with Crippen LogP contribution in [0.2, 0.25) is 0 Å². The van der Waals surface area contributed by atoms with Crippen molar-refractivity contribution in [2.45, 2.75) is 25.8 Å². The summed E-state index contributed by atoms with van der Waals surface area (Å²) in [5, 5.41) is 0. The molecule has 1 aliphatic rings. The Balaban J connectivity index is 1.91. The largest absolute Gasteiger partial charge is 0.493 e. The highest BCUT2D eigenvalue weighted by Crippen LogP contribution is 2.32. The number of primary amides is 1. The van der Waals surface area contributed by atoms with E-state index >= 15 is 0 Å². The van der Waals surface area contributed by atoms with Gasteiger partial charge >= 0.3 is 0 Å². The average Bonchev–Trinajstić information content (AvgIpc) is 2.71. The minimum atomic E-state index is -0.218. The van der Waals surface area contributed by atoms with Crippen LogP contribution in [-0.4, -0.2) is 35.5 Å². The second kappa shape index (κ2) is 9.25. The number of para-hydroxylation sites is 1. The lowest BCUT2D eigenvalue weighted by Gasteiger charge is -2.35. The Hall–Kier alpha value is -3.04. The SMILES string of the molecule is CCOc1ccccc1C(C#Cc1ccc(N)nc1)N1CCC(C(N)=O)CC1. The van der Waals surface area contributed by atoms with Gasteiger partial charge in [-0.2, -0.15) is 0 Å². The van der Waals surface area contributed by atoms with Gasteiger partial charge in [0.25, 0.3) is 0 Å². The van der Waals surface area contributed by atoms with E-state index in [1.54, 1.807) is 12.3 Å². The topological polar surface area (TPSA) is 94.5 Å². The number of carbonyl (C=O) groups is 1. The molecule has 3 rings (SSSR count). The Morgan fingerprint density at radius 2 is 2.04 bits per heavy atom.